The van der Waals surface area contributed by atoms with Gasteiger partial charge < -0.3 is 14.8 Å². The van der Waals surface area contributed by atoms with Gasteiger partial charge in [-0.2, -0.15) is 0 Å². The third-order valence-corrected chi connectivity index (χ3v) is 4.78. The van der Waals surface area contributed by atoms with Crippen LogP contribution in [0.4, 0.5) is 0 Å². The second-order valence-corrected chi connectivity index (χ2v) is 6.91. The zero-order valence-electron chi connectivity index (χ0n) is 13.7. The van der Waals surface area contributed by atoms with Crippen LogP contribution in [0.15, 0.2) is 18.2 Å². The average molecular weight is 335 g/mol. The van der Waals surface area contributed by atoms with E-state index in [0.717, 1.165) is 37.0 Å². The van der Waals surface area contributed by atoms with Crippen LogP contribution in [0.5, 0.6) is 0 Å². The van der Waals surface area contributed by atoms with Crippen molar-refractivity contribution in [2.24, 2.45) is 0 Å². The second kappa shape index (κ2) is 6.89. The van der Waals surface area contributed by atoms with E-state index in [2.05, 4.69) is 29.0 Å². The molecule has 23 heavy (non-hydrogen) atoms. The summed E-state index contributed by atoms with van der Waals surface area (Å²) in [4.78, 5) is 24.6. The van der Waals surface area contributed by atoms with Crippen molar-refractivity contribution in [1.29, 1.82) is 0 Å². The van der Waals surface area contributed by atoms with Crippen LogP contribution in [0, 0.1) is 0 Å². The SMILES string of the molecule is CN(C)C1CCCCN(C(=O)Cc2nc3ccc(Cl)cc3[nH]2)C1. The molecule has 0 aliphatic carbocycles. The monoisotopic (exact) mass is 334 g/mol. The van der Waals surface area contributed by atoms with E-state index in [9.17, 15) is 4.79 Å². The normalized spacial score (nSPS) is 19.3. The zero-order valence-corrected chi connectivity index (χ0v) is 14.4. The summed E-state index contributed by atoms with van der Waals surface area (Å²) in [6, 6.07) is 5.96. The van der Waals surface area contributed by atoms with Crippen molar-refractivity contribution in [3.05, 3.63) is 29.0 Å². The lowest BCUT2D eigenvalue weighted by molar-refractivity contribution is -0.131. The number of likely N-dealkylation sites (N-methyl/N-ethyl adjacent to an activating group) is 1. The van der Waals surface area contributed by atoms with E-state index >= 15 is 0 Å². The number of nitrogens with zero attached hydrogens (tertiary/aromatic N) is 3. The molecule has 1 aliphatic rings. The molecule has 5 nitrogen and oxygen atoms in total. The highest BCUT2D eigenvalue weighted by molar-refractivity contribution is 6.31. The minimum Gasteiger partial charge on any atom is -0.342 e. The zero-order chi connectivity index (χ0) is 16.4. The van der Waals surface area contributed by atoms with Crippen molar-refractivity contribution in [1.82, 2.24) is 19.8 Å². The van der Waals surface area contributed by atoms with Crippen molar-refractivity contribution in [2.75, 3.05) is 27.2 Å². The van der Waals surface area contributed by atoms with E-state index in [1.807, 2.05) is 23.1 Å². The highest BCUT2D eigenvalue weighted by atomic mass is 35.5. The Morgan fingerprint density at radius 3 is 3.04 bits per heavy atom. The van der Waals surface area contributed by atoms with Gasteiger partial charge in [0.2, 0.25) is 5.91 Å². The standard InChI is InChI=1S/C17H23ClN4O/c1-21(2)13-5-3-4-8-22(11-13)17(23)10-16-19-14-7-6-12(18)9-15(14)20-16/h6-7,9,13H,3-5,8,10-11H2,1-2H3,(H,19,20). The maximum atomic E-state index is 12.7. The number of carbonyl (C=O) groups excluding carboxylic acids is 1. The van der Waals surface area contributed by atoms with Crippen LogP contribution in [0.1, 0.15) is 25.1 Å². The van der Waals surface area contributed by atoms with E-state index in [0.29, 0.717) is 23.3 Å². The number of aromatic nitrogens is 2. The Balaban J connectivity index is 1.71. The predicted molar refractivity (Wildman–Crippen MR) is 92.7 cm³/mol. The van der Waals surface area contributed by atoms with E-state index < -0.39 is 0 Å². The molecule has 1 fully saturated rings. The molecule has 1 atom stereocenters. The second-order valence-electron chi connectivity index (χ2n) is 6.47. The number of fused-ring (bicyclic) bond motifs is 1. The first-order chi connectivity index (χ1) is 11.0. The largest absolute Gasteiger partial charge is 0.342 e. The average Bonchev–Trinajstić information content (AvgIpc) is 2.72. The first-order valence-electron chi connectivity index (χ1n) is 8.11. The molecular formula is C17H23ClN4O. The molecule has 1 aromatic carbocycles. The van der Waals surface area contributed by atoms with Crippen molar-refractivity contribution >= 4 is 28.5 Å². The van der Waals surface area contributed by atoms with Gasteiger partial charge in [-0.05, 0) is 45.1 Å². The summed E-state index contributed by atoms with van der Waals surface area (Å²) < 4.78 is 0. The molecule has 1 saturated heterocycles. The molecule has 1 aromatic heterocycles. The summed E-state index contributed by atoms with van der Waals surface area (Å²) in [6.07, 6.45) is 3.72. The highest BCUT2D eigenvalue weighted by Gasteiger charge is 2.23. The van der Waals surface area contributed by atoms with Crippen LogP contribution in [0.3, 0.4) is 0 Å². The maximum Gasteiger partial charge on any atom is 0.230 e. The summed E-state index contributed by atoms with van der Waals surface area (Å²) in [7, 11) is 4.17. The van der Waals surface area contributed by atoms with Crippen molar-refractivity contribution in [3.8, 4) is 0 Å². The lowest BCUT2D eigenvalue weighted by Gasteiger charge is -2.28. The summed E-state index contributed by atoms with van der Waals surface area (Å²) in [6.45, 7) is 1.65. The van der Waals surface area contributed by atoms with Gasteiger partial charge in [-0.15, -0.1) is 0 Å². The lowest BCUT2D eigenvalue weighted by atomic mass is 10.1. The summed E-state index contributed by atoms with van der Waals surface area (Å²) in [5.74, 6) is 0.849. The number of hydrogen-bond donors (Lipinski definition) is 1. The molecule has 1 N–H and O–H groups in total. The minimum atomic E-state index is 0.143. The Kier molecular flexibility index (Phi) is 4.87. The smallest absolute Gasteiger partial charge is 0.230 e. The number of aromatic amines is 1. The maximum absolute atomic E-state index is 12.7. The van der Waals surface area contributed by atoms with E-state index in [-0.39, 0.29) is 5.91 Å². The summed E-state index contributed by atoms with van der Waals surface area (Å²) in [5.41, 5.74) is 1.72. The van der Waals surface area contributed by atoms with Crippen LogP contribution >= 0.6 is 11.6 Å². The van der Waals surface area contributed by atoms with Gasteiger partial charge in [0, 0.05) is 24.2 Å². The number of hydrogen-bond acceptors (Lipinski definition) is 3. The van der Waals surface area contributed by atoms with Crippen LogP contribution in [0.25, 0.3) is 11.0 Å². The molecule has 1 unspecified atom stereocenters. The van der Waals surface area contributed by atoms with E-state index in [1.54, 1.807) is 0 Å². The molecule has 2 aromatic rings. The Labute approximate surface area is 141 Å². The van der Waals surface area contributed by atoms with Gasteiger partial charge in [0.25, 0.3) is 0 Å². The molecule has 1 amide bonds. The molecule has 1 aliphatic heterocycles. The van der Waals surface area contributed by atoms with Gasteiger partial charge in [0.1, 0.15) is 5.82 Å². The van der Waals surface area contributed by atoms with E-state index in [1.165, 1.54) is 6.42 Å². The first kappa shape index (κ1) is 16.3. The van der Waals surface area contributed by atoms with Crippen molar-refractivity contribution < 1.29 is 4.79 Å². The first-order valence-corrected chi connectivity index (χ1v) is 8.49. The van der Waals surface area contributed by atoms with Crippen LogP contribution < -0.4 is 0 Å². The highest BCUT2D eigenvalue weighted by Crippen LogP contribution is 2.19. The van der Waals surface area contributed by atoms with Crippen molar-refractivity contribution in [2.45, 2.75) is 31.7 Å². The Morgan fingerprint density at radius 2 is 2.26 bits per heavy atom. The molecule has 6 heteroatoms. The van der Waals surface area contributed by atoms with Gasteiger partial charge >= 0.3 is 0 Å². The fourth-order valence-electron chi connectivity index (χ4n) is 3.14. The van der Waals surface area contributed by atoms with Crippen molar-refractivity contribution in [3.63, 3.8) is 0 Å². The number of likely N-dealkylation sites (tertiary alicyclic amines) is 1. The number of amides is 1. The van der Waals surface area contributed by atoms with E-state index in [4.69, 9.17) is 11.6 Å². The topological polar surface area (TPSA) is 52.2 Å². The summed E-state index contributed by atoms with van der Waals surface area (Å²) in [5, 5.41) is 0.667. The number of halogens is 1. The minimum absolute atomic E-state index is 0.143. The van der Waals surface area contributed by atoms with Gasteiger partial charge in [-0.25, -0.2) is 4.98 Å². The Hall–Kier alpha value is -1.59. The molecule has 0 spiro atoms. The molecule has 0 radical (unpaired) electrons. The lowest BCUT2D eigenvalue weighted by Crippen LogP contribution is -2.42. The fraction of sp³-hybridized carbons (Fsp3) is 0.529. The van der Waals surface area contributed by atoms with Gasteiger partial charge in [-0.3, -0.25) is 4.79 Å². The molecular weight excluding hydrogens is 312 g/mol. The van der Waals surface area contributed by atoms with Crippen LogP contribution in [-0.4, -0.2) is 58.9 Å². The third kappa shape index (κ3) is 3.85. The number of nitrogens with one attached hydrogen (secondary N) is 1. The number of imidazole rings is 1. The number of H-pyrrole nitrogens is 1. The molecule has 3 rings (SSSR count). The molecule has 0 saturated carbocycles. The van der Waals surface area contributed by atoms with Gasteiger partial charge in [0.05, 0.1) is 17.5 Å². The quantitative estimate of drug-likeness (QED) is 0.939. The molecule has 124 valence electrons. The predicted octanol–water partition coefficient (Wildman–Crippen LogP) is 2.70. The van der Waals surface area contributed by atoms with Crippen LogP contribution in [-0.2, 0) is 11.2 Å². The Bertz CT molecular complexity index is 697. The number of benzene rings is 1. The molecule has 2 heterocycles. The summed E-state index contributed by atoms with van der Waals surface area (Å²) >= 11 is 5.99. The number of carbonyl (C=O) groups is 1. The van der Waals surface area contributed by atoms with Gasteiger partial charge in [-0.1, -0.05) is 18.0 Å². The third-order valence-electron chi connectivity index (χ3n) is 4.54. The fourth-order valence-corrected chi connectivity index (χ4v) is 3.31. The number of rotatable bonds is 3. The van der Waals surface area contributed by atoms with Gasteiger partial charge in [0.15, 0.2) is 0 Å². The Morgan fingerprint density at radius 1 is 1.43 bits per heavy atom. The molecule has 0 bridgehead atoms. The van der Waals surface area contributed by atoms with Crippen LogP contribution in [0.2, 0.25) is 5.02 Å².